The van der Waals surface area contributed by atoms with E-state index in [-0.39, 0.29) is 17.3 Å². The van der Waals surface area contributed by atoms with E-state index >= 15 is 0 Å². The summed E-state index contributed by atoms with van der Waals surface area (Å²) in [5.41, 5.74) is 1.07. The summed E-state index contributed by atoms with van der Waals surface area (Å²) in [6, 6.07) is 10.5. The highest BCUT2D eigenvalue weighted by Crippen LogP contribution is 2.42. The van der Waals surface area contributed by atoms with Crippen LogP contribution in [0.4, 0.5) is 0 Å². The zero-order valence-corrected chi connectivity index (χ0v) is 17.1. The van der Waals surface area contributed by atoms with Crippen molar-refractivity contribution in [3.05, 3.63) is 29.8 Å². The highest BCUT2D eigenvalue weighted by molar-refractivity contribution is 5.75. The molecule has 148 valence electrons. The maximum absolute atomic E-state index is 12.5. The van der Waals surface area contributed by atoms with Crippen molar-refractivity contribution in [1.29, 1.82) is 5.26 Å². The van der Waals surface area contributed by atoms with E-state index in [0.29, 0.717) is 5.75 Å². The lowest BCUT2D eigenvalue weighted by molar-refractivity contribution is -0.140. The number of ether oxygens (including phenoxy) is 1. The fourth-order valence-corrected chi connectivity index (χ4v) is 4.02. The van der Waals surface area contributed by atoms with E-state index in [0.717, 1.165) is 44.9 Å². The van der Waals surface area contributed by atoms with Crippen LogP contribution in [0.2, 0.25) is 0 Å². The number of aryl methyl sites for hydroxylation is 1. The summed E-state index contributed by atoms with van der Waals surface area (Å²) in [6.45, 7) is 4.39. The van der Waals surface area contributed by atoms with Crippen molar-refractivity contribution in [3.63, 3.8) is 0 Å². The Morgan fingerprint density at radius 1 is 1.07 bits per heavy atom. The summed E-state index contributed by atoms with van der Waals surface area (Å²) in [5, 5.41) is 9.68. The van der Waals surface area contributed by atoms with Crippen LogP contribution in [0, 0.1) is 22.7 Å². The average molecular weight is 370 g/mol. The van der Waals surface area contributed by atoms with Crippen molar-refractivity contribution >= 4 is 5.97 Å². The smallest absolute Gasteiger partial charge is 0.314 e. The molecule has 1 fully saturated rings. The summed E-state index contributed by atoms with van der Waals surface area (Å²) in [6.07, 6.45) is 12.4. The Morgan fingerprint density at radius 2 is 1.74 bits per heavy atom. The van der Waals surface area contributed by atoms with Gasteiger partial charge in [-0.05, 0) is 62.6 Å². The molecule has 0 spiro atoms. The molecule has 1 aliphatic carbocycles. The minimum Gasteiger partial charge on any atom is -0.426 e. The lowest BCUT2D eigenvalue weighted by Gasteiger charge is -2.34. The van der Waals surface area contributed by atoms with Crippen LogP contribution >= 0.6 is 0 Å². The first kappa shape index (κ1) is 21.5. The van der Waals surface area contributed by atoms with E-state index in [9.17, 15) is 10.1 Å². The second-order valence-electron chi connectivity index (χ2n) is 8.15. The molecule has 3 nitrogen and oxygen atoms in total. The summed E-state index contributed by atoms with van der Waals surface area (Å²) >= 11 is 0. The van der Waals surface area contributed by atoms with Crippen molar-refractivity contribution in [2.75, 3.05) is 0 Å². The van der Waals surface area contributed by atoms with Crippen LogP contribution in [0.1, 0.15) is 90.0 Å². The van der Waals surface area contributed by atoms with E-state index in [1.807, 2.05) is 12.1 Å². The van der Waals surface area contributed by atoms with Crippen LogP contribution in [0.15, 0.2) is 24.3 Å². The Labute approximate surface area is 165 Å². The van der Waals surface area contributed by atoms with Crippen molar-refractivity contribution in [2.24, 2.45) is 11.3 Å². The predicted octanol–water partition coefficient (Wildman–Crippen LogP) is 6.61. The standard InChI is InChI=1S/C24H35NO2/c1-3-5-7-8-16-24(19-25)17-14-21(15-18-24)23(26)27-22-12-10-20(11-13-22)9-6-4-2/h10-13,21H,3-9,14-18H2,1-2H3/t21-,24+. The molecular formula is C24H35NO2. The first-order chi connectivity index (χ1) is 13.1. The molecule has 27 heavy (non-hydrogen) atoms. The van der Waals surface area contributed by atoms with E-state index in [1.54, 1.807) is 0 Å². The van der Waals surface area contributed by atoms with Crippen molar-refractivity contribution < 1.29 is 9.53 Å². The van der Waals surface area contributed by atoms with Gasteiger partial charge in [0.15, 0.2) is 0 Å². The molecule has 0 atom stereocenters. The third-order valence-electron chi connectivity index (χ3n) is 5.98. The first-order valence-electron chi connectivity index (χ1n) is 10.8. The monoisotopic (exact) mass is 369 g/mol. The van der Waals surface area contributed by atoms with Crippen LogP contribution in [0.3, 0.4) is 0 Å². The number of unbranched alkanes of at least 4 members (excludes halogenated alkanes) is 4. The molecule has 0 amide bonds. The SMILES string of the molecule is CCCCCC[C@]1(C#N)CC[C@@H](C(=O)Oc2ccc(CCCC)cc2)CC1. The van der Waals surface area contributed by atoms with Gasteiger partial charge in [0.1, 0.15) is 5.75 Å². The average Bonchev–Trinajstić information content (AvgIpc) is 2.71. The normalized spacial score (nSPS) is 22.2. The van der Waals surface area contributed by atoms with E-state index in [2.05, 4.69) is 32.0 Å². The summed E-state index contributed by atoms with van der Waals surface area (Å²) < 4.78 is 5.61. The van der Waals surface area contributed by atoms with E-state index < -0.39 is 0 Å². The number of carbonyl (C=O) groups is 1. The largest absolute Gasteiger partial charge is 0.426 e. The number of hydrogen-bond acceptors (Lipinski definition) is 3. The lowest BCUT2D eigenvalue weighted by Crippen LogP contribution is -2.31. The molecule has 1 saturated carbocycles. The molecule has 0 aromatic heterocycles. The van der Waals surface area contributed by atoms with Crippen molar-refractivity contribution in [2.45, 2.75) is 90.9 Å². The van der Waals surface area contributed by atoms with Gasteiger partial charge in [0.2, 0.25) is 0 Å². The molecule has 1 aliphatic rings. The fourth-order valence-electron chi connectivity index (χ4n) is 4.02. The zero-order valence-electron chi connectivity index (χ0n) is 17.1. The highest BCUT2D eigenvalue weighted by atomic mass is 16.5. The number of esters is 1. The van der Waals surface area contributed by atoms with Crippen LogP contribution in [0.5, 0.6) is 5.75 Å². The summed E-state index contributed by atoms with van der Waals surface area (Å²) in [7, 11) is 0. The Hall–Kier alpha value is -1.82. The molecule has 0 N–H and O–H groups in total. The molecular weight excluding hydrogens is 334 g/mol. The van der Waals surface area contributed by atoms with Gasteiger partial charge in [-0.3, -0.25) is 4.79 Å². The van der Waals surface area contributed by atoms with Crippen LogP contribution < -0.4 is 4.74 Å². The van der Waals surface area contributed by atoms with Gasteiger partial charge in [-0.1, -0.05) is 58.1 Å². The number of carbonyl (C=O) groups excluding carboxylic acids is 1. The molecule has 0 aliphatic heterocycles. The summed E-state index contributed by atoms with van der Waals surface area (Å²) in [4.78, 5) is 12.5. The van der Waals surface area contributed by atoms with Crippen molar-refractivity contribution in [1.82, 2.24) is 0 Å². The first-order valence-corrected chi connectivity index (χ1v) is 10.8. The third-order valence-corrected chi connectivity index (χ3v) is 5.98. The molecule has 0 unspecified atom stereocenters. The predicted molar refractivity (Wildman–Crippen MR) is 109 cm³/mol. The van der Waals surface area contributed by atoms with Gasteiger partial charge in [-0.15, -0.1) is 0 Å². The van der Waals surface area contributed by atoms with Gasteiger partial charge < -0.3 is 4.74 Å². The summed E-state index contributed by atoms with van der Waals surface area (Å²) in [5.74, 6) is 0.438. The minimum atomic E-state index is -0.217. The highest BCUT2D eigenvalue weighted by Gasteiger charge is 2.37. The lowest BCUT2D eigenvalue weighted by atomic mass is 9.69. The number of hydrogen-bond donors (Lipinski definition) is 0. The Kier molecular flexibility index (Phi) is 8.85. The van der Waals surface area contributed by atoms with Gasteiger partial charge in [0, 0.05) is 0 Å². The Balaban J connectivity index is 1.80. The van der Waals surface area contributed by atoms with Gasteiger partial charge in [-0.2, -0.15) is 5.26 Å². The van der Waals surface area contributed by atoms with Gasteiger partial charge in [0.25, 0.3) is 0 Å². The topological polar surface area (TPSA) is 50.1 Å². The molecule has 3 heteroatoms. The van der Waals surface area contributed by atoms with Crippen molar-refractivity contribution in [3.8, 4) is 11.8 Å². The number of nitriles is 1. The van der Waals surface area contributed by atoms with E-state index in [1.165, 1.54) is 37.7 Å². The quantitative estimate of drug-likeness (QED) is 0.265. The van der Waals surface area contributed by atoms with Gasteiger partial charge in [0.05, 0.1) is 17.4 Å². The third kappa shape index (κ3) is 6.69. The molecule has 0 saturated heterocycles. The molecule has 1 aromatic carbocycles. The number of benzene rings is 1. The Morgan fingerprint density at radius 3 is 2.33 bits per heavy atom. The fraction of sp³-hybridized carbons (Fsp3) is 0.667. The Bertz CT molecular complexity index is 606. The van der Waals surface area contributed by atoms with Crippen LogP contribution in [-0.4, -0.2) is 5.97 Å². The minimum absolute atomic E-state index is 0.0677. The van der Waals surface area contributed by atoms with Crippen LogP contribution in [0.25, 0.3) is 0 Å². The maximum atomic E-state index is 12.5. The molecule has 2 rings (SSSR count). The zero-order chi connectivity index (χ0) is 19.5. The second-order valence-corrected chi connectivity index (χ2v) is 8.15. The number of rotatable bonds is 10. The molecule has 0 heterocycles. The molecule has 0 radical (unpaired) electrons. The maximum Gasteiger partial charge on any atom is 0.314 e. The molecule has 0 bridgehead atoms. The number of nitrogens with zero attached hydrogens (tertiary/aromatic N) is 1. The van der Waals surface area contributed by atoms with Gasteiger partial charge >= 0.3 is 5.97 Å². The van der Waals surface area contributed by atoms with Gasteiger partial charge in [-0.25, -0.2) is 0 Å². The second kappa shape index (κ2) is 11.1. The van der Waals surface area contributed by atoms with Crippen LogP contribution in [-0.2, 0) is 11.2 Å². The molecule has 1 aromatic rings. The van der Waals surface area contributed by atoms with E-state index in [4.69, 9.17) is 4.74 Å².